The van der Waals surface area contributed by atoms with Gasteiger partial charge in [0.25, 0.3) is 0 Å². The fourth-order valence-electron chi connectivity index (χ4n) is 3.71. The number of fused-ring (bicyclic) bond motifs is 1. The highest BCUT2D eigenvalue weighted by atomic mass is 16.5. The SMILES string of the molecule is CCOc1cc2c(cc1CNC(=O)[C@@H]1CCCN(C(C)=O)C1)O[C@@H](C)C2. The van der Waals surface area contributed by atoms with E-state index in [1.54, 1.807) is 11.8 Å². The summed E-state index contributed by atoms with van der Waals surface area (Å²) in [4.78, 5) is 25.9. The average Bonchev–Trinajstić information content (AvgIpc) is 2.98. The molecule has 3 rings (SSSR count). The normalized spacial score (nSPS) is 21.7. The molecule has 1 aromatic rings. The van der Waals surface area contributed by atoms with Crippen LogP contribution in [0.3, 0.4) is 0 Å². The number of nitrogens with zero attached hydrogens (tertiary/aromatic N) is 1. The lowest BCUT2D eigenvalue weighted by Crippen LogP contribution is -2.44. The van der Waals surface area contributed by atoms with Crippen LogP contribution in [0.2, 0.25) is 0 Å². The van der Waals surface area contributed by atoms with Crippen molar-refractivity contribution in [3.05, 3.63) is 23.3 Å². The molecule has 1 saturated heterocycles. The van der Waals surface area contributed by atoms with Gasteiger partial charge >= 0.3 is 0 Å². The Balaban J connectivity index is 1.66. The fraction of sp³-hybridized carbons (Fsp3) is 0.600. The molecule has 2 amide bonds. The highest BCUT2D eigenvalue weighted by Gasteiger charge is 2.27. The highest BCUT2D eigenvalue weighted by Crippen LogP contribution is 2.35. The van der Waals surface area contributed by atoms with Gasteiger partial charge in [-0.1, -0.05) is 0 Å². The number of piperidine rings is 1. The minimum atomic E-state index is -0.145. The molecule has 0 aromatic heterocycles. The van der Waals surface area contributed by atoms with Gasteiger partial charge in [-0.15, -0.1) is 0 Å². The summed E-state index contributed by atoms with van der Waals surface area (Å²) in [6.07, 6.45) is 2.74. The van der Waals surface area contributed by atoms with E-state index in [0.29, 0.717) is 19.7 Å². The molecule has 6 heteroatoms. The van der Waals surface area contributed by atoms with Crippen LogP contribution in [-0.4, -0.2) is 42.5 Å². The molecular formula is C20H28N2O4. The van der Waals surface area contributed by atoms with E-state index in [-0.39, 0.29) is 23.8 Å². The Labute approximate surface area is 154 Å². The quantitative estimate of drug-likeness (QED) is 0.875. The summed E-state index contributed by atoms with van der Waals surface area (Å²) in [7, 11) is 0. The smallest absolute Gasteiger partial charge is 0.225 e. The van der Waals surface area contributed by atoms with Crippen LogP contribution in [0.5, 0.6) is 11.5 Å². The lowest BCUT2D eigenvalue weighted by Gasteiger charge is -2.31. The van der Waals surface area contributed by atoms with Gasteiger partial charge in [0.1, 0.15) is 17.6 Å². The predicted molar refractivity (Wildman–Crippen MR) is 98.2 cm³/mol. The number of amides is 2. The summed E-state index contributed by atoms with van der Waals surface area (Å²) in [6.45, 7) is 7.78. The largest absolute Gasteiger partial charge is 0.494 e. The number of rotatable bonds is 5. The van der Waals surface area contributed by atoms with Crippen LogP contribution in [0.1, 0.15) is 44.7 Å². The van der Waals surface area contributed by atoms with Gasteiger partial charge in [0.2, 0.25) is 11.8 Å². The van der Waals surface area contributed by atoms with Gasteiger partial charge in [0.05, 0.1) is 12.5 Å². The van der Waals surface area contributed by atoms with Crippen LogP contribution in [-0.2, 0) is 22.6 Å². The zero-order valence-electron chi connectivity index (χ0n) is 15.8. The summed E-state index contributed by atoms with van der Waals surface area (Å²) in [5.41, 5.74) is 2.08. The molecule has 2 atom stereocenters. The van der Waals surface area contributed by atoms with E-state index in [9.17, 15) is 9.59 Å². The zero-order chi connectivity index (χ0) is 18.7. The second kappa shape index (κ2) is 7.98. The van der Waals surface area contributed by atoms with E-state index in [1.807, 2.05) is 26.0 Å². The molecule has 2 aliphatic heterocycles. The Morgan fingerprint density at radius 1 is 1.38 bits per heavy atom. The second-order valence-corrected chi connectivity index (χ2v) is 7.16. The third-order valence-electron chi connectivity index (χ3n) is 5.07. The van der Waals surface area contributed by atoms with Crippen LogP contribution in [0.25, 0.3) is 0 Å². The molecule has 6 nitrogen and oxygen atoms in total. The van der Waals surface area contributed by atoms with Gasteiger partial charge in [-0.05, 0) is 38.8 Å². The Kier molecular flexibility index (Phi) is 5.69. The Hall–Kier alpha value is -2.24. The van der Waals surface area contributed by atoms with Crippen LogP contribution in [0.4, 0.5) is 0 Å². The lowest BCUT2D eigenvalue weighted by atomic mass is 9.97. The molecule has 2 heterocycles. The first-order chi connectivity index (χ1) is 12.5. The highest BCUT2D eigenvalue weighted by molar-refractivity contribution is 5.80. The molecular weight excluding hydrogens is 332 g/mol. The van der Waals surface area contributed by atoms with E-state index < -0.39 is 0 Å². The lowest BCUT2D eigenvalue weighted by molar-refractivity contribution is -0.134. The maximum Gasteiger partial charge on any atom is 0.225 e. The van der Waals surface area contributed by atoms with Crippen molar-refractivity contribution in [3.63, 3.8) is 0 Å². The van der Waals surface area contributed by atoms with Gasteiger partial charge in [0.15, 0.2) is 0 Å². The number of likely N-dealkylation sites (tertiary alicyclic amines) is 1. The van der Waals surface area contributed by atoms with Crippen molar-refractivity contribution >= 4 is 11.8 Å². The first kappa shape index (κ1) is 18.5. The molecule has 0 spiro atoms. The standard InChI is InChI=1S/C20H28N2O4/c1-4-25-18-9-16-8-13(2)26-19(16)10-17(18)11-21-20(24)15-6-5-7-22(12-15)14(3)23/h9-10,13,15H,4-8,11-12H2,1-3H3,(H,21,24)/t13-,15+/m0/s1. The van der Waals surface area contributed by atoms with E-state index in [2.05, 4.69) is 5.32 Å². The molecule has 1 aromatic carbocycles. The molecule has 1 fully saturated rings. The average molecular weight is 360 g/mol. The van der Waals surface area contributed by atoms with Crippen molar-refractivity contribution in [1.29, 1.82) is 0 Å². The van der Waals surface area contributed by atoms with E-state index in [4.69, 9.17) is 9.47 Å². The van der Waals surface area contributed by atoms with Gasteiger partial charge in [-0.25, -0.2) is 0 Å². The molecule has 26 heavy (non-hydrogen) atoms. The van der Waals surface area contributed by atoms with Crippen LogP contribution >= 0.6 is 0 Å². The molecule has 0 unspecified atom stereocenters. The van der Waals surface area contributed by atoms with Crippen molar-refractivity contribution in [3.8, 4) is 11.5 Å². The minimum Gasteiger partial charge on any atom is -0.494 e. The van der Waals surface area contributed by atoms with Gasteiger partial charge < -0.3 is 19.7 Å². The molecule has 0 bridgehead atoms. The van der Waals surface area contributed by atoms with E-state index >= 15 is 0 Å². The monoisotopic (exact) mass is 360 g/mol. The second-order valence-electron chi connectivity index (χ2n) is 7.16. The first-order valence-corrected chi connectivity index (χ1v) is 9.46. The molecule has 0 radical (unpaired) electrons. The molecule has 142 valence electrons. The minimum absolute atomic E-state index is 0.00631. The van der Waals surface area contributed by atoms with Crippen molar-refractivity contribution in [2.24, 2.45) is 5.92 Å². The van der Waals surface area contributed by atoms with Gasteiger partial charge in [-0.2, -0.15) is 0 Å². The summed E-state index contributed by atoms with van der Waals surface area (Å²) < 4.78 is 11.6. The van der Waals surface area contributed by atoms with E-state index in [1.165, 1.54) is 0 Å². The maximum atomic E-state index is 12.6. The zero-order valence-corrected chi connectivity index (χ0v) is 15.8. The van der Waals surface area contributed by atoms with Gasteiger partial charge in [-0.3, -0.25) is 9.59 Å². The summed E-state index contributed by atoms with van der Waals surface area (Å²) in [6, 6.07) is 4.01. The fourth-order valence-corrected chi connectivity index (χ4v) is 3.71. The molecule has 1 N–H and O–H groups in total. The summed E-state index contributed by atoms with van der Waals surface area (Å²) in [5.74, 6) is 1.57. The van der Waals surface area contributed by atoms with E-state index in [0.717, 1.165) is 48.4 Å². The molecule has 0 aliphatic carbocycles. The van der Waals surface area contributed by atoms with Crippen molar-refractivity contribution in [1.82, 2.24) is 10.2 Å². The predicted octanol–water partition coefficient (Wildman–Crippen LogP) is 2.28. The number of ether oxygens (including phenoxy) is 2. The number of nitrogens with one attached hydrogen (secondary N) is 1. The first-order valence-electron chi connectivity index (χ1n) is 9.46. The number of carbonyl (C=O) groups is 2. The number of benzene rings is 1. The third kappa shape index (κ3) is 4.11. The number of carbonyl (C=O) groups excluding carboxylic acids is 2. The van der Waals surface area contributed by atoms with Gasteiger partial charge in [0, 0.05) is 44.1 Å². The van der Waals surface area contributed by atoms with Crippen molar-refractivity contribution < 1.29 is 19.1 Å². The van der Waals surface area contributed by atoms with Crippen molar-refractivity contribution in [2.75, 3.05) is 19.7 Å². The van der Waals surface area contributed by atoms with Crippen LogP contribution < -0.4 is 14.8 Å². The van der Waals surface area contributed by atoms with Crippen LogP contribution in [0, 0.1) is 5.92 Å². The van der Waals surface area contributed by atoms with Crippen molar-refractivity contribution in [2.45, 2.75) is 52.7 Å². The third-order valence-corrected chi connectivity index (χ3v) is 5.07. The Bertz CT molecular complexity index is 689. The summed E-state index contributed by atoms with van der Waals surface area (Å²) >= 11 is 0. The Morgan fingerprint density at radius 2 is 2.19 bits per heavy atom. The number of hydrogen-bond acceptors (Lipinski definition) is 4. The molecule has 0 saturated carbocycles. The van der Waals surface area contributed by atoms with Crippen LogP contribution in [0.15, 0.2) is 12.1 Å². The topological polar surface area (TPSA) is 67.9 Å². The maximum absolute atomic E-state index is 12.6. The summed E-state index contributed by atoms with van der Waals surface area (Å²) in [5, 5.41) is 3.02. The Morgan fingerprint density at radius 3 is 2.92 bits per heavy atom. The molecule has 2 aliphatic rings. The number of hydrogen-bond donors (Lipinski definition) is 1.